The van der Waals surface area contributed by atoms with Crippen molar-refractivity contribution in [3.05, 3.63) is 53.3 Å². The van der Waals surface area contributed by atoms with Crippen molar-refractivity contribution in [2.24, 2.45) is 0 Å². The Bertz CT molecular complexity index is 967. The molecule has 0 N–H and O–H groups in total. The number of imidazole rings is 1. The number of aromatic nitrogens is 2. The van der Waals surface area contributed by atoms with E-state index >= 15 is 0 Å². The van der Waals surface area contributed by atoms with Crippen molar-refractivity contribution in [3.8, 4) is 17.6 Å². The Morgan fingerprint density at radius 3 is 2.71 bits per heavy atom. The van der Waals surface area contributed by atoms with Gasteiger partial charge in [-0.3, -0.25) is 0 Å². The number of ether oxygens (including phenoxy) is 2. The molecule has 24 heavy (non-hydrogen) atoms. The molecule has 0 saturated carbocycles. The molecule has 1 aliphatic heterocycles. The molecule has 5 heteroatoms. The molecule has 4 rings (SSSR count). The monoisotopic (exact) mass is 319 g/mol. The van der Waals surface area contributed by atoms with Gasteiger partial charge in [-0.1, -0.05) is 32.0 Å². The van der Waals surface area contributed by atoms with Gasteiger partial charge in [-0.25, -0.2) is 4.98 Å². The minimum absolute atomic E-state index is 0.246. The molecule has 0 atom stereocenters. The van der Waals surface area contributed by atoms with Gasteiger partial charge in [-0.05, 0) is 11.6 Å². The van der Waals surface area contributed by atoms with Crippen molar-refractivity contribution in [1.29, 1.82) is 5.26 Å². The van der Waals surface area contributed by atoms with Gasteiger partial charge in [0, 0.05) is 18.1 Å². The molecule has 0 amide bonds. The molecular formula is C19H17N3O2. The standard InChI is InChI=1S/C19H17N3O2/c1-12(2)19-21-15-7-17-18(24-11-23-17)8-16(15)22(19)10-14-6-4-3-5-13(14)9-20/h3-8,12H,10-11H2,1-2H3. The highest BCUT2D eigenvalue weighted by atomic mass is 16.7. The maximum atomic E-state index is 9.35. The summed E-state index contributed by atoms with van der Waals surface area (Å²) in [6.45, 7) is 5.09. The topological polar surface area (TPSA) is 60.1 Å². The number of rotatable bonds is 3. The zero-order chi connectivity index (χ0) is 16.7. The fourth-order valence-electron chi connectivity index (χ4n) is 3.08. The summed E-state index contributed by atoms with van der Waals surface area (Å²) in [4.78, 5) is 4.79. The van der Waals surface area contributed by atoms with E-state index in [4.69, 9.17) is 14.5 Å². The van der Waals surface area contributed by atoms with Crippen LogP contribution in [-0.2, 0) is 6.54 Å². The predicted molar refractivity (Wildman–Crippen MR) is 90.2 cm³/mol. The van der Waals surface area contributed by atoms with Gasteiger partial charge in [-0.15, -0.1) is 0 Å². The van der Waals surface area contributed by atoms with Crippen LogP contribution in [0, 0.1) is 11.3 Å². The van der Waals surface area contributed by atoms with E-state index in [0.717, 1.165) is 33.9 Å². The summed E-state index contributed by atoms with van der Waals surface area (Å²) >= 11 is 0. The van der Waals surface area contributed by atoms with Crippen LogP contribution < -0.4 is 9.47 Å². The third-order valence-electron chi connectivity index (χ3n) is 4.25. The van der Waals surface area contributed by atoms with Crippen LogP contribution in [0.25, 0.3) is 11.0 Å². The largest absolute Gasteiger partial charge is 0.454 e. The number of fused-ring (bicyclic) bond motifs is 2. The van der Waals surface area contributed by atoms with Gasteiger partial charge in [-0.2, -0.15) is 5.26 Å². The van der Waals surface area contributed by atoms with Crippen LogP contribution in [0.3, 0.4) is 0 Å². The second-order valence-electron chi connectivity index (χ2n) is 6.17. The van der Waals surface area contributed by atoms with Crippen LogP contribution in [0.5, 0.6) is 11.5 Å². The van der Waals surface area contributed by atoms with E-state index in [1.165, 1.54) is 0 Å². The van der Waals surface area contributed by atoms with Gasteiger partial charge in [0.05, 0.1) is 29.2 Å². The zero-order valence-electron chi connectivity index (χ0n) is 13.6. The SMILES string of the molecule is CC(C)c1nc2cc3c(cc2n1Cc1ccccc1C#N)OCO3. The number of nitrogens with zero attached hydrogens (tertiary/aromatic N) is 3. The maximum absolute atomic E-state index is 9.35. The summed E-state index contributed by atoms with van der Waals surface area (Å²) in [7, 11) is 0. The quantitative estimate of drug-likeness (QED) is 0.736. The molecule has 0 radical (unpaired) electrons. The summed E-state index contributed by atoms with van der Waals surface area (Å²) in [6, 6.07) is 13.8. The smallest absolute Gasteiger partial charge is 0.231 e. The van der Waals surface area contributed by atoms with E-state index in [1.807, 2.05) is 36.4 Å². The van der Waals surface area contributed by atoms with Gasteiger partial charge >= 0.3 is 0 Å². The number of nitriles is 1. The van der Waals surface area contributed by atoms with E-state index in [2.05, 4.69) is 24.5 Å². The minimum atomic E-state index is 0.246. The zero-order valence-corrected chi connectivity index (χ0v) is 13.6. The molecular weight excluding hydrogens is 302 g/mol. The highest BCUT2D eigenvalue weighted by molar-refractivity contribution is 5.81. The van der Waals surface area contributed by atoms with Crippen molar-refractivity contribution in [2.45, 2.75) is 26.3 Å². The summed E-state index contributed by atoms with van der Waals surface area (Å²) in [5.41, 5.74) is 3.56. The second-order valence-corrected chi connectivity index (χ2v) is 6.17. The fourth-order valence-corrected chi connectivity index (χ4v) is 3.08. The Hall–Kier alpha value is -3.00. The van der Waals surface area contributed by atoms with Crippen molar-refractivity contribution in [1.82, 2.24) is 9.55 Å². The maximum Gasteiger partial charge on any atom is 0.231 e. The van der Waals surface area contributed by atoms with Gasteiger partial charge in [0.2, 0.25) is 6.79 Å². The van der Waals surface area contributed by atoms with E-state index in [1.54, 1.807) is 0 Å². The first kappa shape index (κ1) is 14.6. The Labute approximate surface area is 140 Å². The third kappa shape index (κ3) is 2.28. The van der Waals surface area contributed by atoms with Gasteiger partial charge in [0.25, 0.3) is 0 Å². The molecule has 120 valence electrons. The molecule has 0 bridgehead atoms. The van der Waals surface area contributed by atoms with Crippen LogP contribution in [0.4, 0.5) is 0 Å². The Kier molecular flexibility index (Phi) is 3.39. The summed E-state index contributed by atoms with van der Waals surface area (Å²) in [6.07, 6.45) is 0. The van der Waals surface area contributed by atoms with Gasteiger partial charge in [0.1, 0.15) is 5.82 Å². The Morgan fingerprint density at radius 2 is 1.96 bits per heavy atom. The normalized spacial score (nSPS) is 12.8. The number of hydrogen-bond donors (Lipinski definition) is 0. The molecule has 1 aliphatic rings. The van der Waals surface area contributed by atoms with Crippen LogP contribution in [0.15, 0.2) is 36.4 Å². The van der Waals surface area contributed by atoms with Crippen LogP contribution >= 0.6 is 0 Å². The molecule has 2 heterocycles. The van der Waals surface area contributed by atoms with Crippen molar-refractivity contribution < 1.29 is 9.47 Å². The predicted octanol–water partition coefficient (Wildman–Crippen LogP) is 3.81. The molecule has 0 fully saturated rings. The molecule has 2 aromatic carbocycles. The molecule has 3 aromatic rings. The van der Waals surface area contributed by atoms with E-state index < -0.39 is 0 Å². The first-order valence-corrected chi connectivity index (χ1v) is 7.95. The van der Waals surface area contributed by atoms with E-state index in [-0.39, 0.29) is 12.7 Å². The van der Waals surface area contributed by atoms with E-state index in [0.29, 0.717) is 12.1 Å². The van der Waals surface area contributed by atoms with Gasteiger partial charge < -0.3 is 14.0 Å². The average Bonchev–Trinajstić information content (AvgIpc) is 3.17. The molecule has 5 nitrogen and oxygen atoms in total. The van der Waals surface area contributed by atoms with Gasteiger partial charge in [0.15, 0.2) is 11.5 Å². The van der Waals surface area contributed by atoms with Crippen LogP contribution in [-0.4, -0.2) is 16.3 Å². The van der Waals surface area contributed by atoms with Crippen LogP contribution in [0.2, 0.25) is 0 Å². The second kappa shape index (κ2) is 5.57. The molecule has 0 unspecified atom stereocenters. The highest BCUT2D eigenvalue weighted by Crippen LogP contribution is 2.37. The number of hydrogen-bond acceptors (Lipinski definition) is 4. The van der Waals surface area contributed by atoms with Crippen LogP contribution in [0.1, 0.15) is 36.7 Å². The molecule has 1 aromatic heterocycles. The fraction of sp³-hybridized carbons (Fsp3) is 0.263. The molecule has 0 aliphatic carbocycles. The third-order valence-corrected chi connectivity index (χ3v) is 4.25. The highest BCUT2D eigenvalue weighted by Gasteiger charge is 2.20. The lowest BCUT2D eigenvalue weighted by Crippen LogP contribution is -2.07. The lowest BCUT2D eigenvalue weighted by Gasteiger charge is -2.12. The summed E-state index contributed by atoms with van der Waals surface area (Å²) < 4.78 is 13.1. The first-order chi connectivity index (χ1) is 11.7. The summed E-state index contributed by atoms with van der Waals surface area (Å²) in [5, 5.41) is 9.35. The molecule has 0 spiro atoms. The average molecular weight is 319 g/mol. The Morgan fingerprint density at radius 1 is 1.21 bits per heavy atom. The minimum Gasteiger partial charge on any atom is -0.454 e. The van der Waals surface area contributed by atoms with Crippen molar-refractivity contribution >= 4 is 11.0 Å². The first-order valence-electron chi connectivity index (χ1n) is 7.95. The molecule has 0 saturated heterocycles. The number of benzene rings is 2. The summed E-state index contributed by atoms with van der Waals surface area (Å²) in [5.74, 6) is 2.73. The van der Waals surface area contributed by atoms with Crippen molar-refractivity contribution in [3.63, 3.8) is 0 Å². The van der Waals surface area contributed by atoms with Crippen molar-refractivity contribution in [2.75, 3.05) is 6.79 Å². The lowest BCUT2D eigenvalue weighted by atomic mass is 10.1. The Balaban J connectivity index is 1.89. The lowest BCUT2D eigenvalue weighted by molar-refractivity contribution is 0.174. The van der Waals surface area contributed by atoms with E-state index in [9.17, 15) is 5.26 Å².